The highest BCUT2D eigenvalue weighted by Gasteiger charge is 2.39. The Morgan fingerprint density at radius 2 is 1.85 bits per heavy atom. The fourth-order valence-electron chi connectivity index (χ4n) is 2.78. The van der Waals surface area contributed by atoms with Crippen LogP contribution in [0.1, 0.15) is 18.2 Å². The van der Waals surface area contributed by atoms with Crippen LogP contribution in [0.3, 0.4) is 0 Å². The Morgan fingerprint density at radius 1 is 1.08 bits per heavy atom. The normalized spacial score (nSPS) is 14.3. The monoisotopic (exact) mass is 373 g/mol. The van der Waals surface area contributed by atoms with E-state index >= 15 is 0 Å². The highest BCUT2D eigenvalue weighted by atomic mass is 32.2. The number of nitrogens with zero attached hydrogens (tertiary/aromatic N) is 1. The van der Waals surface area contributed by atoms with E-state index in [1.54, 1.807) is 37.4 Å². The molecular formula is C19H19NO5S. The quantitative estimate of drug-likeness (QED) is 0.694. The van der Waals surface area contributed by atoms with Crippen molar-refractivity contribution in [3.05, 3.63) is 52.8 Å². The molecule has 2 aromatic rings. The van der Waals surface area contributed by atoms with Gasteiger partial charge in [-0.1, -0.05) is 13.0 Å². The molecule has 2 heterocycles. The Hall–Kier alpha value is -2.67. The van der Waals surface area contributed by atoms with E-state index in [-0.39, 0.29) is 18.4 Å². The molecule has 26 heavy (non-hydrogen) atoms. The van der Waals surface area contributed by atoms with Crippen LogP contribution >= 0.6 is 11.8 Å². The summed E-state index contributed by atoms with van der Waals surface area (Å²) in [5.41, 5.74) is 1.01. The molecule has 1 aromatic carbocycles. The molecule has 136 valence electrons. The van der Waals surface area contributed by atoms with Crippen molar-refractivity contribution in [3.63, 3.8) is 0 Å². The lowest BCUT2D eigenvalue weighted by Crippen LogP contribution is -2.30. The number of hydrogen-bond donors (Lipinski definition) is 0. The summed E-state index contributed by atoms with van der Waals surface area (Å²) in [5.74, 6) is 1.66. The van der Waals surface area contributed by atoms with Crippen LogP contribution in [0.5, 0.6) is 11.5 Å². The zero-order chi connectivity index (χ0) is 18.7. The van der Waals surface area contributed by atoms with Crippen LogP contribution in [0.25, 0.3) is 5.57 Å². The van der Waals surface area contributed by atoms with Crippen molar-refractivity contribution < 1.29 is 23.5 Å². The second-order valence-electron chi connectivity index (χ2n) is 5.48. The van der Waals surface area contributed by atoms with Gasteiger partial charge in [0.25, 0.3) is 11.8 Å². The van der Waals surface area contributed by atoms with E-state index in [0.29, 0.717) is 39.1 Å². The first-order valence-corrected chi connectivity index (χ1v) is 9.07. The SMILES string of the molecule is CCSC1=C(c2ccc(OC)c(OC)c2)C(=O)N(Cc2ccco2)C1=O. The number of benzene rings is 1. The number of ether oxygens (including phenoxy) is 2. The van der Waals surface area contributed by atoms with Gasteiger partial charge in [0.1, 0.15) is 5.76 Å². The molecule has 0 radical (unpaired) electrons. The number of rotatable bonds is 7. The Bertz CT molecular complexity index is 857. The van der Waals surface area contributed by atoms with Crippen molar-refractivity contribution in [1.29, 1.82) is 0 Å². The summed E-state index contributed by atoms with van der Waals surface area (Å²) < 4.78 is 15.9. The van der Waals surface area contributed by atoms with Crippen LogP contribution in [-0.4, -0.2) is 36.7 Å². The lowest BCUT2D eigenvalue weighted by Gasteiger charge is -2.13. The van der Waals surface area contributed by atoms with Gasteiger partial charge < -0.3 is 13.9 Å². The number of carbonyl (C=O) groups excluding carboxylic acids is 2. The van der Waals surface area contributed by atoms with Crippen LogP contribution < -0.4 is 9.47 Å². The number of imide groups is 1. The van der Waals surface area contributed by atoms with Crippen LogP contribution in [0, 0.1) is 0 Å². The van der Waals surface area contributed by atoms with Crippen molar-refractivity contribution in [2.75, 3.05) is 20.0 Å². The van der Waals surface area contributed by atoms with Crippen molar-refractivity contribution in [3.8, 4) is 11.5 Å². The molecule has 0 unspecified atom stereocenters. The average molecular weight is 373 g/mol. The molecular weight excluding hydrogens is 354 g/mol. The predicted octanol–water partition coefficient (Wildman–Crippen LogP) is 3.33. The average Bonchev–Trinajstić information content (AvgIpc) is 3.24. The van der Waals surface area contributed by atoms with E-state index in [1.165, 1.54) is 30.0 Å². The zero-order valence-electron chi connectivity index (χ0n) is 14.8. The number of hydrogen-bond acceptors (Lipinski definition) is 6. The molecule has 1 aliphatic heterocycles. The van der Waals surface area contributed by atoms with Crippen LogP contribution in [0.2, 0.25) is 0 Å². The number of carbonyl (C=O) groups is 2. The molecule has 0 bridgehead atoms. The summed E-state index contributed by atoms with van der Waals surface area (Å²) in [6, 6.07) is 8.66. The minimum atomic E-state index is -0.338. The molecule has 6 nitrogen and oxygen atoms in total. The molecule has 0 spiro atoms. The van der Waals surface area contributed by atoms with E-state index in [4.69, 9.17) is 13.9 Å². The van der Waals surface area contributed by atoms with Crippen molar-refractivity contribution in [2.24, 2.45) is 0 Å². The number of furan rings is 1. The highest BCUT2D eigenvalue weighted by Crippen LogP contribution is 2.39. The van der Waals surface area contributed by atoms with E-state index in [2.05, 4.69) is 0 Å². The third kappa shape index (κ3) is 3.22. The summed E-state index contributed by atoms with van der Waals surface area (Å²) in [4.78, 5) is 27.5. The first-order valence-electron chi connectivity index (χ1n) is 8.08. The fraction of sp³-hybridized carbons (Fsp3) is 0.263. The number of amides is 2. The van der Waals surface area contributed by atoms with Gasteiger partial charge in [0, 0.05) is 0 Å². The summed E-state index contributed by atoms with van der Waals surface area (Å²) in [6.07, 6.45) is 1.52. The summed E-state index contributed by atoms with van der Waals surface area (Å²) in [6.45, 7) is 2.05. The standard InChI is InChI=1S/C19H19NO5S/c1-4-26-17-16(12-7-8-14(23-2)15(10-12)24-3)18(21)20(19(17)22)11-13-6-5-9-25-13/h5-10H,4,11H2,1-3H3. The molecule has 0 fully saturated rings. The summed E-state index contributed by atoms with van der Waals surface area (Å²) in [5, 5.41) is 0. The van der Waals surface area contributed by atoms with Gasteiger partial charge in [-0.2, -0.15) is 0 Å². The zero-order valence-corrected chi connectivity index (χ0v) is 15.6. The molecule has 0 saturated heterocycles. The van der Waals surface area contributed by atoms with Gasteiger partial charge >= 0.3 is 0 Å². The number of methoxy groups -OCH3 is 2. The Morgan fingerprint density at radius 3 is 2.46 bits per heavy atom. The smallest absolute Gasteiger partial charge is 0.268 e. The summed E-state index contributed by atoms with van der Waals surface area (Å²) >= 11 is 1.36. The van der Waals surface area contributed by atoms with Crippen LogP contribution in [0.15, 0.2) is 45.9 Å². The fourth-order valence-corrected chi connectivity index (χ4v) is 3.65. The van der Waals surface area contributed by atoms with Crippen LogP contribution in [0.4, 0.5) is 0 Å². The first kappa shape index (κ1) is 18.1. The molecule has 1 aliphatic rings. The molecule has 7 heteroatoms. The van der Waals surface area contributed by atoms with E-state index in [9.17, 15) is 9.59 Å². The highest BCUT2D eigenvalue weighted by molar-refractivity contribution is 8.04. The number of thioether (sulfide) groups is 1. The summed E-state index contributed by atoms with van der Waals surface area (Å²) in [7, 11) is 3.08. The maximum Gasteiger partial charge on any atom is 0.268 e. The van der Waals surface area contributed by atoms with Gasteiger partial charge in [-0.05, 0) is 35.6 Å². The molecule has 0 saturated carbocycles. The molecule has 0 atom stereocenters. The maximum absolute atomic E-state index is 13.0. The molecule has 1 aromatic heterocycles. The Labute approximate surface area is 155 Å². The van der Waals surface area contributed by atoms with Gasteiger partial charge in [0.05, 0.1) is 37.5 Å². The third-order valence-corrected chi connectivity index (χ3v) is 4.94. The minimum absolute atomic E-state index is 0.106. The lowest BCUT2D eigenvalue weighted by molar-refractivity contribution is -0.137. The van der Waals surface area contributed by atoms with Gasteiger partial charge in [-0.3, -0.25) is 14.5 Å². The third-order valence-electron chi connectivity index (χ3n) is 3.98. The van der Waals surface area contributed by atoms with Crippen molar-refractivity contribution in [2.45, 2.75) is 13.5 Å². The van der Waals surface area contributed by atoms with Gasteiger partial charge in [-0.25, -0.2) is 0 Å². The maximum atomic E-state index is 13.0. The van der Waals surface area contributed by atoms with E-state index < -0.39 is 0 Å². The molecule has 0 N–H and O–H groups in total. The largest absolute Gasteiger partial charge is 0.493 e. The lowest BCUT2D eigenvalue weighted by atomic mass is 10.1. The first-order chi connectivity index (χ1) is 12.6. The Balaban J connectivity index is 2.02. The van der Waals surface area contributed by atoms with Crippen molar-refractivity contribution >= 4 is 29.1 Å². The van der Waals surface area contributed by atoms with Crippen molar-refractivity contribution in [1.82, 2.24) is 4.90 Å². The topological polar surface area (TPSA) is 69.0 Å². The molecule has 3 rings (SSSR count). The van der Waals surface area contributed by atoms with E-state index in [0.717, 1.165) is 0 Å². The predicted molar refractivity (Wildman–Crippen MR) is 98.9 cm³/mol. The molecule has 2 amide bonds. The van der Waals surface area contributed by atoms with E-state index in [1.807, 2.05) is 6.92 Å². The van der Waals surface area contributed by atoms with Gasteiger partial charge in [0.15, 0.2) is 11.5 Å². The second kappa shape index (κ2) is 7.70. The Kier molecular flexibility index (Phi) is 5.37. The van der Waals surface area contributed by atoms with Crippen LogP contribution in [-0.2, 0) is 16.1 Å². The van der Waals surface area contributed by atoms with Gasteiger partial charge in [0.2, 0.25) is 0 Å². The second-order valence-corrected chi connectivity index (χ2v) is 6.76. The minimum Gasteiger partial charge on any atom is -0.493 e. The van der Waals surface area contributed by atoms with Gasteiger partial charge in [-0.15, -0.1) is 11.8 Å². The molecule has 0 aliphatic carbocycles.